The van der Waals surface area contributed by atoms with Crippen molar-refractivity contribution in [2.45, 2.75) is 31.0 Å². The highest BCUT2D eigenvalue weighted by molar-refractivity contribution is 5.38. The molecule has 2 aromatic carbocycles. The summed E-state index contributed by atoms with van der Waals surface area (Å²) in [6.07, 6.45) is 3.21. The van der Waals surface area contributed by atoms with Crippen molar-refractivity contribution in [1.29, 1.82) is 0 Å². The fourth-order valence-corrected chi connectivity index (χ4v) is 6.34. The molecular weight excluding hydrogens is 296 g/mol. The highest BCUT2D eigenvalue weighted by atomic mass is 16.3. The third kappa shape index (κ3) is 1.79. The Hall–Kier alpha value is -1.64. The SMILES string of the molecule is O[C@@H]1[C@@H]2CC[C@@H]3[C@@H]2C[C@@H](C(O)(c2ccccc2)c2ccccc2)[C@@H]13. The van der Waals surface area contributed by atoms with Crippen LogP contribution in [0.25, 0.3) is 0 Å². The molecule has 5 rings (SSSR count). The fourth-order valence-electron chi connectivity index (χ4n) is 6.34. The number of hydrogen-bond donors (Lipinski definition) is 2. The molecule has 24 heavy (non-hydrogen) atoms. The second-order valence-electron chi connectivity index (χ2n) is 7.98. The summed E-state index contributed by atoms with van der Waals surface area (Å²) in [6, 6.07) is 20.1. The average molecular weight is 320 g/mol. The smallest absolute Gasteiger partial charge is 0.118 e. The number of aliphatic hydroxyl groups excluding tert-OH is 1. The molecule has 0 heterocycles. The first-order chi connectivity index (χ1) is 11.7. The molecule has 3 aliphatic rings. The van der Waals surface area contributed by atoms with Crippen LogP contribution in [0.15, 0.2) is 60.7 Å². The predicted octanol–water partition coefficient (Wildman–Crippen LogP) is 3.58. The first-order valence-corrected chi connectivity index (χ1v) is 9.22. The van der Waals surface area contributed by atoms with Gasteiger partial charge in [0.15, 0.2) is 0 Å². The van der Waals surface area contributed by atoms with Crippen molar-refractivity contribution < 1.29 is 10.2 Å². The molecule has 4 bridgehead atoms. The van der Waals surface area contributed by atoms with Crippen LogP contribution in [0, 0.1) is 29.6 Å². The van der Waals surface area contributed by atoms with E-state index in [4.69, 9.17) is 0 Å². The standard InChI is InChI=1S/C22H24O2/c23-21-17-12-11-16-18(17)13-19(20(16)21)22(24,14-7-3-1-4-8-14)15-9-5-2-6-10-15/h1-10,16-21,23-24H,11-13H2/t16-,17-,18+,19-,20+,21-/m1/s1. The van der Waals surface area contributed by atoms with Crippen molar-refractivity contribution in [3.05, 3.63) is 71.8 Å². The Balaban J connectivity index is 1.64. The summed E-state index contributed by atoms with van der Waals surface area (Å²) >= 11 is 0. The van der Waals surface area contributed by atoms with Crippen LogP contribution in [0.1, 0.15) is 30.4 Å². The summed E-state index contributed by atoms with van der Waals surface area (Å²) in [5.41, 5.74) is 0.900. The highest BCUT2D eigenvalue weighted by Gasteiger charge is 2.65. The summed E-state index contributed by atoms with van der Waals surface area (Å²) in [6.45, 7) is 0. The minimum atomic E-state index is -1.01. The Labute approximate surface area is 143 Å². The quantitative estimate of drug-likeness (QED) is 0.907. The maximum atomic E-state index is 12.0. The summed E-state index contributed by atoms with van der Waals surface area (Å²) in [5, 5.41) is 22.8. The Morgan fingerprint density at radius 1 is 0.750 bits per heavy atom. The van der Waals surface area contributed by atoms with Crippen molar-refractivity contribution in [2.75, 3.05) is 0 Å². The molecule has 0 aromatic heterocycles. The lowest BCUT2D eigenvalue weighted by Crippen LogP contribution is -2.46. The molecule has 2 N–H and O–H groups in total. The third-order valence-corrected chi connectivity index (χ3v) is 7.22. The number of rotatable bonds is 3. The van der Waals surface area contributed by atoms with E-state index >= 15 is 0 Å². The van der Waals surface area contributed by atoms with Gasteiger partial charge >= 0.3 is 0 Å². The molecule has 6 atom stereocenters. The topological polar surface area (TPSA) is 40.5 Å². The zero-order valence-corrected chi connectivity index (χ0v) is 13.8. The molecule has 0 radical (unpaired) electrons. The van der Waals surface area contributed by atoms with Gasteiger partial charge in [0.25, 0.3) is 0 Å². The Morgan fingerprint density at radius 3 is 1.79 bits per heavy atom. The molecule has 0 spiro atoms. The Morgan fingerprint density at radius 2 is 1.29 bits per heavy atom. The Bertz CT molecular complexity index is 687. The Kier molecular flexibility index (Phi) is 3.17. The van der Waals surface area contributed by atoms with Crippen LogP contribution in [0.3, 0.4) is 0 Å². The summed E-state index contributed by atoms with van der Waals surface area (Å²) < 4.78 is 0. The van der Waals surface area contributed by atoms with Crippen molar-refractivity contribution in [3.8, 4) is 0 Å². The molecular formula is C22H24O2. The molecule has 2 aromatic rings. The zero-order chi connectivity index (χ0) is 16.3. The average Bonchev–Trinajstić information content (AvgIpc) is 3.28. The summed E-state index contributed by atoms with van der Waals surface area (Å²) in [7, 11) is 0. The van der Waals surface area contributed by atoms with Crippen molar-refractivity contribution in [2.24, 2.45) is 29.6 Å². The van der Waals surface area contributed by atoms with Gasteiger partial charge in [-0.1, -0.05) is 60.7 Å². The van der Waals surface area contributed by atoms with Crippen molar-refractivity contribution in [3.63, 3.8) is 0 Å². The summed E-state index contributed by atoms with van der Waals surface area (Å²) in [4.78, 5) is 0. The largest absolute Gasteiger partial charge is 0.393 e. The second kappa shape index (κ2) is 5.18. The van der Waals surface area contributed by atoms with Crippen LogP contribution in [0.4, 0.5) is 0 Å². The first kappa shape index (κ1) is 14.7. The lowest BCUT2D eigenvalue weighted by Gasteiger charge is -2.44. The molecule has 2 nitrogen and oxygen atoms in total. The van der Waals surface area contributed by atoms with E-state index in [-0.39, 0.29) is 17.9 Å². The van der Waals surface area contributed by atoms with Gasteiger partial charge in [0.2, 0.25) is 0 Å². The molecule has 3 aliphatic carbocycles. The molecule has 2 heteroatoms. The van der Waals surface area contributed by atoms with Gasteiger partial charge in [0, 0.05) is 5.92 Å². The van der Waals surface area contributed by atoms with Crippen LogP contribution in [0.2, 0.25) is 0 Å². The third-order valence-electron chi connectivity index (χ3n) is 7.22. The van der Waals surface area contributed by atoms with Gasteiger partial charge < -0.3 is 10.2 Å². The van der Waals surface area contributed by atoms with E-state index in [1.54, 1.807) is 0 Å². The number of benzene rings is 2. The van der Waals surface area contributed by atoms with Gasteiger partial charge in [0.05, 0.1) is 6.10 Å². The van der Waals surface area contributed by atoms with E-state index in [2.05, 4.69) is 0 Å². The fraction of sp³-hybridized carbons (Fsp3) is 0.455. The van der Waals surface area contributed by atoms with E-state index in [9.17, 15) is 10.2 Å². The summed E-state index contributed by atoms with van der Waals surface area (Å²) in [5.74, 6) is 2.03. The van der Waals surface area contributed by atoms with Gasteiger partial charge in [-0.3, -0.25) is 0 Å². The van der Waals surface area contributed by atoms with Crippen LogP contribution in [0.5, 0.6) is 0 Å². The predicted molar refractivity (Wildman–Crippen MR) is 93.2 cm³/mol. The monoisotopic (exact) mass is 320 g/mol. The molecule has 0 saturated heterocycles. The van der Waals surface area contributed by atoms with Gasteiger partial charge in [-0.15, -0.1) is 0 Å². The molecule has 3 fully saturated rings. The van der Waals surface area contributed by atoms with Crippen LogP contribution < -0.4 is 0 Å². The molecule has 124 valence electrons. The normalized spacial score (nSPS) is 37.1. The molecule has 0 amide bonds. The lowest BCUT2D eigenvalue weighted by atomic mass is 9.65. The maximum Gasteiger partial charge on any atom is 0.118 e. The van der Waals surface area contributed by atoms with Crippen LogP contribution in [-0.2, 0) is 5.60 Å². The first-order valence-electron chi connectivity index (χ1n) is 9.22. The van der Waals surface area contributed by atoms with Gasteiger partial charge in [-0.05, 0) is 54.1 Å². The van der Waals surface area contributed by atoms with Crippen LogP contribution >= 0.6 is 0 Å². The van der Waals surface area contributed by atoms with Gasteiger partial charge in [-0.2, -0.15) is 0 Å². The minimum Gasteiger partial charge on any atom is -0.393 e. The minimum absolute atomic E-state index is 0.101. The van der Waals surface area contributed by atoms with E-state index < -0.39 is 5.60 Å². The molecule has 0 unspecified atom stereocenters. The van der Waals surface area contributed by atoms with E-state index in [0.717, 1.165) is 17.5 Å². The van der Waals surface area contributed by atoms with Crippen molar-refractivity contribution in [1.82, 2.24) is 0 Å². The van der Waals surface area contributed by atoms with Gasteiger partial charge in [-0.25, -0.2) is 0 Å². The zero-order valence-electron chi connectivity index (χ0n) is 13.8. The van der Waals surface area contributed by atoms with Gasteiger partial charge in [0.1, 0.15) is 5.60 Å². The number of hydrogen-bond acceptors (Lipinski definition) is 2. The molecule has 3 saturated carbocycles. The van der Waals surface area contributed by atoms with Crippen molar-refractivity contribution >= 4 is 0 Å². The number of aliphatic hydroxyl groups is 2. The van der Waals surface area contributed by atoms with E-state index in [0.29, 0.717) is 17.8 Å². The van der Waals surface area contributed by atoms with Crippen LogP contribution in [-0.4, -0.2) is 16.3 Å². The highest BCUT2D eigenvalue weighted by Crippen LogP contribution is 2.67. The lowest BCUT2D eigenvalue weighted by molar-refractivity contribution is -0.0722. The molecule has 0 aliphatic heterocycles. The second-order valence-corrected chi connectivity index (χ2v) is 7.98. The van der Waals surface area contributed by atoms with E-state index in [1.807, 2.05) is 60.7 Å². The van der Waals surface area contributed by atoms with E-state index in [1.165, 1.54) is 12.8 Å². The maximum absolute atomic E-state index is 12.0.